The van der Waals surface area contributed by atoms with Gasteiger partial charge >= 0.3 is 5.97 Å². The van der Waals surface area contributed by atoms with Crippen LogP contribution in [-0.4, -0.2) is 58.7 Å². The van der Waals surface area contributed by atoms with Gasteiger partial charge < -0.3 is 14.7 Å². The lowest BCUT2D eigenvalue weighted by Gasteiger charge is -2.37. The van der Waals surface area contributed by atoms with Gasteiger partial charge in [-0.25, -0.2) is 4.39 Å². The molecule has 0 spiro atoms. The monoisotopic (exact) mass is 474 g/mol. The van der Waals surface area contributed by atoms with Gasteiger partial charge in [-0.05, 0) is 93.1 Å². The number of carboxylic acids is 1. The highest BCUT2D eigenvalue weighted by Crippen LogP contribution is 2.36. The lowest BCUT2D eigenvalue weighted by atomic mass is 9.81. The molecule has 1 aromatic carbocycles. The summed E-state index contributed by atoms with van der Waals surface area (Å²) >= 11 is 2.07. The van der Waals surface area contributed by atoms with Crippen LogP contribution in [0.15, 0.2) is 30.5 Å². The van der Waals surface area contributed by atoms with E-state index in [9.17, 15) is 9.90 Å². The van der Waals surface area contributed by atoms with Crippen molar-refractivity contribution in [1.29, 1.82) is 0 Å². The highest BCUT2D eigenvalue weighted by Gasteiger charge is 2.34. The van der Waals surface area contributed by atoms with Crippen molar-refractivity contribution in [3.8, 4) is 5.75 Å². The standard InChI is InChI=1S/C26H35FN2O3S/c1-32-19-7-9-25-22(16-19)21(10-12-28-25)24(27)8-6-18-11-14-29(17-23(18)26(30)31)13-3-15-33-20-4-2-5-20/h7,9-10,12,16,18,20,23-24H,2-6,8,11,13-15,17H2,1H3,(H,30,31)/t18-,23+,24?/m1/s1. The van der Waals surface area contributed by atoms with E-state index < -0.39 is 18.1 Å². The van der Waals surface area contributed by atoms with Crippen LogP contribution in [0.1, 0.15) is 56.7 Å². The predicted octanol–water partition coefficient (Wildman–Crippen LogP) is 5.73. The number of piperidine rings is 1. The SMILES string of the molecule is COc1ccc2nccc(C(F)CC[C@@H]3CCN(CCCSC4CCC4)C[C@@H]3C(=O)O)c2c1. The average Bonchev–Trinajstić information content (AvgIpc) is 2.80. The largest absolute Gasteiger partial charge is 0.497 e. The number of carboxylic acid groups (broad SMARTS) is 1. The Kier molecular flexibility index (Phi) is 8.47. The number of hydrogen-bond acceptors (Lipinski definition) is 5. The van der Waals surface area contributed by atoms with Crippen LogP contribution in [0.25, 0.3) is 10.9 Å². The second-order valence-corrected chi connectivity index (χ2v) is 10.8. The van der Waals surface area contributed by atoms with Gasteiger partial charge in [0.25, 0.3) is 0 Å². The number of aromatic nitrogens is 1. The normalized spacial score (nSPS) is 22.7. The number of likely N-dealkylation sites (tertiary alicyclic amines) is 1. The van der Waals surface area contributed by atoms with Crippen molar-refractivity contribution in [3.05, 3.63) is 36.0 Å². The maximum atomic E-state index is 15.3. The van der Waals surface area contributed by atoms with Gasteiger partial charge in [-0.3, -0.25) is 9.78 Å². The molecule has 1 aliphatic carbocycles. The predicted molar refractivity (Wildman–Crippen MR) is 132 cm³/mol. The van der Waals surface area contributed by atoms with Crippen molar-refractivity contribution >= 4 is 28.6 Å². The molecule has 180 valence electrons. The van der Waals surface area contributed by atoms with Crippen molar-refractivity contribution in [1.82, 2.24) is 9.88 Å². The Morgan fingerprint density at radius 3 is 2.91 bits per heavy atom. The van der Waals surface area contributed by atoms with E-state index in [1.807, 2.05) is 18.2 Å². The first-order chi connectivity index (χ1) is 16.0. The van der Waals surface area contributed by atoms with E-state index >= 15 is 4.39 Å². The van der Waals surface area contributed by atoms with Crippen molar-refractivity contribution in [3.63, 3.8) is 0 Å². The number of thioether (sulfide) groups is 1. The summed E-state index contributed by atoms with van der Waals surface area (Å²) in [5.41, 5.74) is 1.34. The van der Waals surface area contributed by atoms with Gasteiger partial charge in [0.1, 0.15) is 11.9 Å². The number of aliphatic carboxylic acids is 1. The number of alkyl halides is 1. The van der Waals surface area contributed by atoms with E-state index in [1.54, 1.807) is 19.4 Å². The number of nitrogens with zero attached hydrogens (tertiary/aromatic N) is 2. The molecule has 2 aliphatic rings. The van der Waals surface area contributed by atoms with Crippen LogP contribution in [0.3, 0.4) is 0 Å². The Labute approximate surface area is 200 Å². The molecule has 1 aliphatic heterocycles. The van der Waals surface area contributed by atoms with E-state index in [4.69, 9.17) is 4.74 Å². The molecule has 0 amide bonds. The number of benzene rings is 1. The molecule has 1 aromatic heterocycles. The molecule has 1 saturated heterocycles. The number of halogens is 1. The van der Waals surface area contributed by atoms with Crippen LogP contribution in [0.4, 0.5) is 4.39 Å². The van der Waals surface area contributed by atoms with Crippen LogP contribution < -0.4 is 4.74 Å². The molecule has 5 nitrogen and oxygen atoms in total. The van der Waals surface area contributed by atoms with E-state index in [1.165, 1.54) is 19.3 Å². The zero-order valence-electron chi connectivity index (χ0n) is 19.4. The molecule has 33 heavy (non-hydrogen) atoms. The van der Waals surface area contributed by atoms with Gasteiger partial charge in [0, 0.05) is 23.4 Å². The fourth-order valence-electron chi connectivity index (χ4n) is 5.03. The summed E-state index contributed by atoms with van der Waals surface area (Å²) in [5, 5.41) is 11.5. The highest BCUT2D eigenvalue weighted by molar-refractivity contribution is 7.99. The first-order valence-electron chi connectivity index (χ1n) is 12.2. The second kappa shape index (κ2) is 11.5. The van der Waals surface area contributed by atoms with Crippen molar-refractivity contribution in [2.75, 3.05) is 32.5 Å². The van der Waals surface area contributed by atoms with Crippen LogP contribution >= 0.6 is 11.8 Å². The third-order valence-corrected chi connectivity index (χ3v) is 8.76. The van der Waals surface area contributed by atoms with Crippen molar-refractivity contribution in [2.24, 2.45) is 11.8 Å². The van der Waals surface area contributed by atoms with Crippen molar-refractivity contribution in [2.45, 2.75) is 56.4 Å². The smallest absolute Gasteiger partial charge is 0.308 e. The topological polar surface area (TPSA) is 62.7 Å². The number of ether oxygens (including phenoxy) is 1. The van der Waals surface area contributed by atoms with Gasteiger partial charge in [0.05, 0.1) is 18.5 Å². The van der Waals surface area contributed by atoms with Crippen LogP contribution in [0.2, 0.25) is 0 Å². The summed E-state index contributed by atoms with van der Waals surface area (Å²) in [6.45, 7) is 2.46. The van der Waals surface area contributed by atoms with Gasteiger partial charge in [0.15, 0.2) is 0 Å². The third-order valence-electron chi connectivity index (χ3n) is 7.29. The highest BCUT2D eigenvalue weighted by atomic mass is 32.2. The summed E-state index contributed by atoms with van der Waals surface area (Å²) < 4.78 is 20.6. The number of rotatable bonds is 11. The molecular weight excluding hydrogens is 439 g/mol. The molecule has 1 unspecified atom stereocenters. The molecule has 1 saturated carbocycles. The van der Waals surface area contributed by atoms with Gasteiger partial charge in [-0.2, -0.15) is 11.8 Å². The number of pyridine rings is 1. The Bertz CT molecular complexity index is 939. The Morgan fingerprint density at radius 2 is 2.18 bits per heavy atom. The minimum absolute atomic E-state index is 0.0176. The van der Waals surface area contributed by atoms with Crippen LogP contribution in [0, 0.1) is 11.8 Å². The average molecular weight is 475 g/mol. The lowest BCUT2D eigenvalue weighted by Crippen LogP contribution is -2.44. The van der Waals surface area contributed by atoms with Crippen molar-refractivity contribution < 1.29 is 19.0 Å². The molecule has 0 bridgehead atoms. The summed E-state index contributed by atoms with van der Waals surface area (Å²) in [4.78, 5) is 18.6. The van der Waals surface area contributed by atoms with E-state index in [2.05, 4.69) is 21.6 Å². The molecular formula is C26H35FN2O3S. The quantitative estimate of drug-likeness (QED) is 0.420. The Balaban J connectivity index is 1.31. The molecule has 2 heterocycles. The molecule has 1 N–H and O–H groups in total. The molecule has 2 aromatic rings. The van der Waals surface area contributed by atoms with E-state index in [0.717, 1.165) is 47.8 Å². The fourth-order valence-corrected chi connectivity index (χ4v) is 6.33. The first-order valence-corrected chi connectivity index (χ1v) is 13.2. The fraction of sp³-hybridized carbons (Fsp3) is 0.615. The summed E-state index contributed by atoms with van der Waals surface area (Å²) in [7, 11) is 1.59. The lowest BCUT2D eigenvalue weighted by molar-refractivity contribution is -0.146. The maximum Gasteiger partial charge on any atom is 0.308 e. The number of carbonyl (C=O) groups is 1. The molecule has 0 radical (unpaired) electrons. The summed E-state index contributed by atoms with van der Waals surface area (Å²) in [5.74, 6) is 0.691. The summed E-state index contributed by atoms with van der Waals surface area (Å²) in [6, 6.07) is 7.21. The molecule has 3 atom stereocenters. The van der Waals surface area contributed by atoms with Gasteiger partial charge in [-0.1, -0.05) is 6.42 Å². The van der Waals surface area contributed by atoms with Crippen LogP contribution in [-0.2, 0) is 4.79 Å². The zero-order chi connectivity index (χ0) is 23.2. The van der Waals surface area contributed by atoms with E-state index in [0.29, 0.717) is 30.7 Å². The first kappa shape index (κ1) is 24.3. The van der Waals surface area contributed by atoms with Crippen LogP contribution in [0.5, 0.6) is 5.75 Å². The second-order valence-electron chi connectivity index (χ2n) is 9.40. The minimum atomic E-state index is -1.15. The molecule has 4 rings (SSSR count). The summed E-state index contributed by atoms with van der Waals surface area (Å²) in [6.07, 6.45) is 7.41. The number of hydrogen-bond donors (Lipinski definition) is 1. The van der Waals surface area contributed by atoms with Gasteiger partial charge in [-0.15, -0.1) is 0 Å². The Morgan fingerprint density at radius 1 is 1.33 bits per heavy atom. The molecule has 2 fully saturated rings. The van der Waals surface area contributed by atoms with Gasteiger partial charge in [0.2, 0.25) is 0 Å². The number of methoxy groups -OCH3 is 1. The minimum Gasteiger partial charge on any atom is -0.497 e. The van der Waals surface area contributed by atoms with E-state index in [-0.39, 0.29) is 5.92 Å². The third kappa shape index (κ3) is 6.18. The Hall–Kier alpha value is -1.86. The number of fused-ring (bicyclic) bond motifs is 1. The molecule has 7 heteroatoms. The maximum absolute atomic E-state index is 15.3. The zero-order valence-corrected chi connectivity index (χ0v) is 20.2.